The molecule has 0 saturated heterocycles. The van der Waals surface area contributed by atoms with Crippen LogP contribution in [0.2, 0.25) is 0 Å². The Balaban J connectivity index is 3.74. The monoisotopic (exact) mass is 145 g/mol. The molecule has 0 aliphatic carbocycles. The second-order valence-electron chi connectivity index (χ2n) is 3.27. The van der Waals surface area contributed by atoms with Crippen LogP contribution in [0, 0.1) is 5.41 Å². The summed E-state index contributed by atoms with van der Waals surface area (Å²) in [5.74, 6) is -0.736. The zero-order valence-corrected chi connectivity index (χ0v) is 6.77. The van der Waals surface area contributed by atoms with Crippen molar-refractivity contribution >= 4 is 5.97 Å². The van der Waals surface area contributed by atoms with Crippen LogP contribution in [-0.2, 0) is 4.79 Å². The molecule has 60 valence electrons. The summed E-state index contributed by atoms with van der Waals surface area (Å²) in [7, 11) is 1.82. The van der Waals surface area contributed by atoms with Gasteiger partial charge in [-0.15, -0.1) is 0 Å². The molecular weight excluding hydrogens is 130 g/mol. The van der Waals surface area contributed by atoms with Crippen molar-refractivity contribution in [2.45, 2.75) is 20.3 Å². The van der Waals surface area contributed by atoms with Gasteiger partial charge in [0.25, 0.3) is 0 Å². The van der Waals surface area contributed by atoms with Crippen LogP contribution in [0.4, 0.5) is 0 Å². The van der Waals surface area contributed by atoms with E-state index in [4.69, 9.17) is 5.11 Å². The Kier molecular flexibility index (Phi) is 3.36. The molecule has 0 aromatic rings. The third-order valence-corrected chi connectivity index (χ3v) is 1.29. The Morgan fingerprint density at radius 3 is 2.40 bits per heavy atom. The molecule has 0 spiro atoms. The summed E-state index contributed by atoms with van der Waals surface area (Å²) in [4.78, 5) is 10.3. The fraction of sp³-hybridized carbons (Fsp3) is 0.857. The van der Waals surface area contributed by atoms with Crippen molar-refractivity contribution in [3.8, 4) is 0 Å². The molecule has 0 atom stereocenters. The van der Waals surface area contributed by atoms with E-state index in [0.717, 1.165) is 6.54 Å². The molecule has 0 aromatic heterocycles. The molecule has 2 N–H and O–H groups in total. The van der Waals surface area contributed by atoms with Gasteiger partial charge in [-0.25, -0.2) is 0 Å². The number of carboxylic acids is 1. The maximum absolute atomic E-state index is 10.3. The van der Waals surface area contributed by atoms with Crippen LogP contribution in [0.25, 0.3) is 0 Å². The van der Waals surface area contributed by atoms with E-state index in [1.807, 2.05) is 20.9 Å². The zero-order valence-electron chi connectivity index (χ0n) is 6.77. The third-order valence-electron chi connectivity index (χ3n) is 1.29. The molecule has 0 saturated carbocycles. The maximum Gasteiger partial charge on any atom is 0.303 e. The highest BCUT2D eigenvalue weighted by Crippen LogP contribution is 2.17. The van der Waals surface area contributed by atoms with Crippen molar-refractivity contribution in [1.82, 2.24) is 5.32 Å². The minimum atomic E-state index is -0.736. The Hall–Kier alpha value is -0.570. The second kappa shape index (κ2) is 3.56. The molecule has 3 heteroatoms. The number of carboxylic acid groups (broad SMARTS) is 1. The molecule has 0 amide bonds. The highest BCUT2D eigenvalue weighted by Gasteiger charge is 2.20. The van der Waals surface area contributed by atoms with Crippen LogP contribution >= 0.6 is 0 Å². The van der Waals surface area contributed by atoms with Gasteiger partial charge in [-0.1, -0.05) is 13.8 Å². The first-order chi connectivity index (χ1) is 4.48. The predicted octanol–water partition coefficient (Wildman–Crippen LogP) is 0.707. The average Bonchev–Trinajstić information content (AvgIpc) is 1.59. The van der Waals surface area contributed by atoms with Crippen molar-refractivity contribution in [1.29, 1.82) is 0 Å². The Morgan fingerprint density at radius 1 is 1.60 bits per heavy atom. The van der Waals surface area contributed by atoms with Crippen LogP contribution < -0.4 is 5.32 Å². The highest BCUT2D eigenvalue weighted by molar-refractivity contribution is 5.67. The SMILES string of the molecule is CNCC(C)(C)CC(=O)O. The zero-order chi connectivity index (χ0) is 8.20. The van der Waals surface area contributed by atoms with E-state index in [2.05, 4.69) is 5.32 Å². The highest BCUT2D eigenvalue weighted by atomic mass is 16.4. The van der Waals surface area contributed by atoms with E-state index in [1.54, 1.807) is 0 Å². The Morgan fingerprint density at radius 2 is 2.10 bits per heavy atom. The molecule has 0 aromatic carbocycles. The summed E-state index contributed by atoms with van der Waals surface area (Å²) < 4.78 is 0. The second-order valence-corrected chi connectivity index (χ2v) is 3.27. The van der Waals surface area contributed by atoms with E-state index in [-0.39, 0.29) is 11.8 Å². The van der Waals surface area contributed by atoms with Crippen LogP contribution in [-0.4, -0.2) is 24.7 Å². The van der Waals surface area contributed by atoms with Gasteiger partial charge in [0.1, 0.15) is 0 Å². The largest absolute Gasteiger partial charge is 0.481 e. The van der Waals surface area contributed by atoms with E-state index in [9.17, 15) is 4.79 Å². The molecule has 0 aliphatic rings. The van der Waals surface area contributed by atoms with Crippen LogP contribution in [0.3, 0.4) is 0 Å². The Bertz CT molecular complexity index is 121. The predicted molar refractivity (Wildman–Crippen MR) is 40.0 cm³/mol. The van der Waals surface area contributed by atoms with E-state index >= 15 is 0 Å². The molecule has 0 fully saturated rings. The molecule has 0 rings (SSSR count). The van der Waals surface area contributed by atoms with Gasteiger partial charge in [0.2, 0.25) is 0 Å². The molecule has 0 unspecified atom stereocenters. The van der Waals surface area contributed by atoms with Crippen molar-refractivity contribution in [2.24, 2.45) is 5.41 Å². The first-order valence-corrected chi connectivity index (χ1v) is 3.34. The summed E-state index contributed by atoms with van der Waals surface area (Å²) in [5, 5.41) is 11.4. The molecule has 0 radical (unpaired) electrons. The van der Waals surface area contributed by atoms with Crippen LogP contribution in [0.5, 0.6) is 0 Å². The van der Waals surface area contributed by atoms with Gasteiger partial charge >= 0.3 is 5.97 Å². The quantitative estimate of drug-likeness (QED) is 0.612. The number of aliphatic carboxylic acids is 1. The number of hydrogen-bond acceptors (Lipinski definition) is 2. The molecular formula is C7H15NO2. The lowest BCUT2D eigenvalue weighted by atomic mass is 9.89. The number of carbonyl (C=O) groups is 1. The van der Waals surface area contributed by atoms with Crippen molar-refractivity contribution in [3.05, 3.63) is 0 Å². The summed E-state index contributed by atoms with van der Waals surface area (Å²) in [6.45, 7) is 4.59. The summed E-state index contributed by atoms with van der Waals surface area (Å²) in [5.41, 5.74) is -0.138. The van der Waals surface area contributed by atoms with Crippen LogP contribution in [0.1, 0.15) is 20.3 Å². The smallest absolute Gasteiger partial charge is 0.303 e. The normalized spacial score (nSPS) is 11.5. The van der Waals surface area contributed by atoms with Crippen molar-refractivity contribution in [3.63, 3.8) is 0 Å². The number of rotatable bonds is 4. The standard InChI is InChI=1S/C7H15NO2/c1-7(2,5-8-3)4-6(9)10/h8H,4-5H2,1-3H3,(H,9,10). The van der Waals surface area contributed by atoms with Crippen LogP contribution in [0.15, 0.2) is 0 Å². The minimum Gasteiger partial charge on any atom is -0.481 e. The fourth-order valence-electron chi connectivity index (χ4n) is 0.950. The maximum atomic E-state index is 10.3. The fourth-order valence-corrected chi connectivity index (χ4v) is 0.950. The van der Waals surface area contributed by atoms with Gasteiger partial charge in [0.15, 0.2) is 0 Å². The van der Waals surface area contributed by atoms with Gasteiger partial charge in [-0.3, -0.25) is 4.79 Å². The minimum absolute atomic E-state index is 0.138. The third kappa shape index (κ3) is 4.32. The van der Waals surface area contributed by atoms with E-state index in [0.29, 0.717) is 0 Å². The van der Waals surface area contributed by atoms with Gasteiger partial charge in [0, 0.05) is 6.54 Å². The average molecular weight is 145 g/mol. The first kappa shape index (κ1) is 9.43. The lowest BCUT2D eigenvalue weighted by Gasteiger charge is -2.21. The summed E-state index contributed by atoms with van der Waals surface area (Å²) in [6.07, 6.45) is 0.216. The molecule has 0 heterocycles. The molecule has 0 aliphatic heterocycles. The van der Waals surface area contributed by atoms with Gasteiger partial charge in [-0.05, 0) is 12.5 Å². The first-order valence-electron chi connectivity index (χ1n) is 3.34. The van der Waals surface area contributed by atoms with Gasteiger partial charge < -0.3 is 10.4 Å². The Labute approximate surface area is 61.4 Å². The lowest BCUT2D eigenvalue weighted by molar-refractivity contribution is -0.139. The van der Waals surface area contributed by atoms with E-state index in [1.165, 1.54) is 0 Å². The lowest BCUT2D eigenvalue weighted by Crippen LogP contribution is -2.28. The molecule has 3 nitrogen and oxygen atoms in total. The van der Waals surface area contributed by atoms with Crippen molar-refractivity contribution < 1.29 is 9.90 Å². The number of hydrogen-bond donors (Lipinski definition) is 2. The van der Waals surface area contributed by atoms with Gasteiger partial charge in [-0.2, -0.15) is 0 Å². The van der Waals surface area contributed by atoms with Crippen molar-refractivity contribution in [2.75, 3.05) is 13.6 Å². The number of nitrogens with one attached hydrogen (secondary N) is 1. The topological polar surface area (TPSA) is 49.3 Å². The van der Waals surface area contributed by atoms with Gasteiger partial charge in [0.05, 0.1) is 6.42 Å². The summed E-state index contributed by atoms with van der Waals surface area (Å²) >= 11 is 0. The van der Waals surface area contributed by atoms with E-state index < -0.39 is 5.97 Å². The molecule has 0 bridgehead atoms. The molecule has 10 heavy (non-hydrogen) atoms. The summed E-state index contributed by atoms with van der Waals surface area (Å²) in [6, 6.07) is 0.